The van der Waals surface area contributed by atoms with Crippen LogP contribution in [0.1, 0.15) is 19.6 Å². The number of nitrogens with zero attached hydrogens (tertiary/aromatic N) is 1. The van der Waals surface area contributed by atoms with Gasteiger partial charge in [0.25, 0.3) is 0 Å². The van der Waals surface area contributed by atoms with Gasteiger partial charge in [-0.15, -0.1) is 0 Å². The van der Waals surface area contributed by atoms with Crippen LogP contribution in [0.2, 0.25) is 10.0 Å². The van der Waals surface area contributed by atoms with Crippen LogP contribution in [0.5, 0.6) is 0 Å². The molecule has 1 heterocycles. The Morgan fingerprint density at radius 2 is 2.06 bits per heavy atom. The predicted molar refractivity (Wildman–Crippen MR) is 74.9 cm³/mol. The maximum Gasteiger partial charge on any atom is 0.175 e. The van der Waals surface area contributed by atoms with E-state index in [1.807, 2.05) is 6.07 Å². The van der Waals surface area contributed by atoms with E-state index in [-0.39, 0.29) is 0 Å². The molecular formula is C13H14Cl2N2O. The molecule has 18 heavy (non-hydrogen) atoms. The first-order valence-electron chi connectivity index (χ1n) is 5.68. The SMILES string of the molecule is CC(C)Cc1onc(N)c1-c1ccc(Cl)cc1Cl. The van der Waals surface area contributed by atoms with E-state index in [1.54, 1.807) is 12.1 Å². The van der Waals surface area contributed by atoms with Gasteiger partial charge >= 0.3 is 0 Å². The fourth-order valence-corrected chi connectivity index (χ4v) is 2.33. The van der Waals surface area contributed by atoms with E-state index in [0.717, 1.165) is 23.3 Å². The lowest BCUT2D eigenvalue weighted by molar-refractivity contribution is 0.372. The summed E-state index contributed by atoms with van der Waals surface area (Å²) in [4.78, 5) is 0. The smallest absolute Gasteiger partial charge is 0.175 e. The van der Waals surface area contributed by atoms with Gasteiger partial charge in [0.1, 0.15) is 5.76 Å². The molecule has 96 valence electrons. The van der Waals surface area contributed by atoms with Gasteiger partial charge in [-0.1, -0.05) is 48.3 Å². The van der Waals surface area contributed by atoms with Crippen molar-refractivity contribution in [1.29, 1.82) is 0 Å². The van der Waals surface area contributed by atoms with Crippen LogP contribution in [-0.4, -0.2) is 5.16 Å². The van der Waals surface area contributed by atoms with E-state index in [4.69, 9.17) is 33.5 Å². The zero-order valence-corrected chi connectivity index (χ0v) is 11.7. The number of anilines is 1. The monoisotopic (exact) mass is 284 g/mol. The fraction of sp³-hybridized carbons (Fsp3) is 0.308. The van der Waals surface area contributed by atoms with Crippen molar-refractivity contribution >= 4 is 29.0 Å². The van der Waals surface area contributed by atoms with Crippen molar-refractivity contribution in [3.8, 4) is 11.1 Å². The highest BCUT2D eigenvalue weighted by atomic mass is 35.5. The summed E-state index contributed by atoms with van der Waals surface area (Å²) in [5.74, 6) is 1.56. The molecule has 0 unspecified atom stereocenters. The van der Waals surface area contributed by atoms with Crippen molar-refractivity contribution in [3.63, 3.8) is 0 Å². The molecular weight excluding hydrogens is 271 g/mol. The Hall–Kier alpha value is -1.19. The molecule has 2 N–H and O–H groups in total. The zero-order valence-electron chi connectivity index (χ0n) is 10.2. The van der Waals surface area contributed by atoms with Crippen molar-refractivity contribution in [1.82, 2.24) is 5.16 Å². The van der Waals surface area contributed by atoms with E-state index in [2.05, 4.69) is 19.0 Å². The molecule has 0 saturated heterocycles. The Morgan fingerprint density at radius 1 is 1.33 bits per heavy atom. The summed E-state index contributed by atoms with van der Waals surface area (Å²) in [5, 5.41) is 4.95. The van der Waals surface area contributed by atoms with Crippen LogP contribution in [0.4, 0.5) is 5.82 Å². The van der Waals surface area contributed by atoms with Gasteiger partial charge in [-0.3, -0.25) is 0 Å². The molecule has 0 bridgehead atoms. The number of nitrogens with two attached hydrogens (primary N) is 1. The zero-order chi connectivity index (χ0) is 13.3. The van der Waals surface area contributed by atoms with E-state index >= 15 is 0 Å². The maximum atomic E-state index is 6.19. The number of halogens is 2. The van der Waals surface area contributed by atoms with Crippen LogP contribution in [0, 0.1) is 5.92 Å². The van der Waals surface area contributed by atoms with Gasteiger partial charge in [0.2, 0.25) is 0 Å². The molecule has 3 nitrogen and oxygen atoms in total. The van der Waals surface area contributed by atoms with Crippen molar-refractivity contribution in [2.45, 2.75) is 20.3 Å². The predicted octanol–water partition coefficient (Wildman–Crippen LogP) is 4.43. The lowest BCUT2D eigenvalue weighted by Crippen LogP contribution is -1.96. The molecule has 5 heteroatoms. The van der Waals surface area contributed by atoms with Gasteiger partial charge in [-0.2, -0.15) is 0 Å². The molecule has 1 aromatic carbocycles. The summed E-state index contributed by atoms with van der Waals surface area (Å²) in [6, 6.07) is 5.29. The normalized spacial score (nSPS) is 11.2. The third kappa shape index (κ3) is 2.62. The number of rotatable bonds is 3. The second-order valence-corrected chi connectivity index (χ2v) is 5.43. The average molecular weight is 285 g/mol. The number of benzene rings is 1. The van der Waals surface area contributed by atoms with E-state index < -0.39 is 0 Å². The first-order valence-corrected chi connectivity index (χ1v) is 6.44. The molecule has 0 aliphatic rings. The third-order valence-corrected chi connectivity index (χ3v) is 3.13. The van der Waals surface area contributed by atoms with Crippen molar-refractivity contribution < 1.29 is 4.52 Å². The second-order valence-electron chi connectivity index (χ2n) is 4.59. The Morgan fingerprint density at radius 3 is 2.67 bits per heavy atom. The van der Waals surface area contributed by atoms with E-state index in [0.29, 0.717) is 21.8 Å². The van der Waals surface area contributed by atoms with Gasteiger partial charge < -0.3 is 10.3 Å². The minimum Gasteiger partial charge on any atom is -0.380 e. The van der Waals surface area contributed by atoms with Gasteiger partial charge in [-0.25, -0.2) is 0 Å². The Balaban J connectivity index is 2.52. The van der Waals surface area contributed by atoms with Crippen LogP contribution in [0.3, 0.4) is 0 Å². The lowest BCUT2D eigenvalue weighted by Gasteiger charge is -2.07. The molecule has 0 radical (unpaired) electrons. The van der Waals surface area contributed by atoms with Crippen LogP contribution in [-0.2, 0) is 6.42 Å². The highest BCUT2D eigenvalue weighted by molar-refractivity contribution is 6.36. The van der Waals surface area contributed by atoms with Crippen LogP contribution >= 0.6 is 23.2 Å². The highest BCUT2D eigenvalue weighted by Gasteiger charge is 2.19. The van der Waals surface area contributed by atoms with Crippen molar-refractivity contribution in [2.24, 2.45) is 5.92 Å². The molecule has 0 fully saturated rings. The van der Waals surface area contributed by atoms with Gasteiger partial charge in [0.15, 0.2) is 5.82 Å². The minimum atomic E-state index is 0.356. The Bertz CT molecular complexity index is 564. The van der Waals surface area contributed by atoms with Crippen LogP contribution < -0.4 is 5.73 Å². The quantitative estimate of drug-likeness (QED) is 0.907. The van der Waals surface area contributed by atoms with Crippen LogP contribution in [0.25, 0.3) is 11.1 Å². The van der Waals surface area contributed by atoms with Crippen LogP contribution in [0.15, 0.2) is 22.7 Å². The third-order valence-electron chi connectivity index (χ3n) is 2.58. The lowest BCUT2D eigenvalue weighted by atomic mass is 10.0. The number of nitrogen functional groups attached to an aromatic ring is 1. The molecule has 0 atom stereocenters. The van der Waals surface area contributed by atoms with Crippen molar-refractivity contribution in [2.75, 3.05) is 5.73 Å². The Kier molecular flexibility index (Phi) is 3.83. The molecule has 0 aliphatic carbocycles. The number of aromatic nitrogens is 1. The first kappa shape index (κ1) is 13.2. The molecule has 0 spiro atoms. The van der Waals surface area contributed by atoms with E-state index in [1.165, 1.54) is 0 Å². The maximum absolute atomic E-state index is 6.19. The summed E-state index contributed by atoms with van der Waals surface area (Å²) in [5.41, 5.74) is 7.43. The molecule has 0 aliphatic heterocycles. The van der Waals surface area contributed by atoms with E-state index in [9.17, 15) is 0 Å². The summed E-state index contributed by atoms with van der Waals surface area (Å²) in [6.45, 7) is 4.21. The van der Waals surface area contributed by atoms with Gasteiger partial charge in [0, 0.05) is 17.0 Å². The molecule has 1 aromatic heterocycles. The second kappa shape index (κ2) is 5.21. The highest BCUT2D eigenvalue weighted by Crippen LogP contribution is 2.36. The summed E-state index contributed by atoms with van der Waals surface area (Å²) < 4.78 is 5.28. The molecule has 0 saturated carbocycles. The average Bonchev–Trinajstić information content (AvgIpc) is 2.60. The molecule has 0 amide bonds. The van der Waals surface area contributed by atoms with Gasteiger partial charge in [0.05, 0.1) is 10.6 Å². The summed E-state index contributed by atoms with van der Waals surface area (Å²) >= 11 is 12.1. The topological polar surface area (TPSA) is 52.0 Å². The minimum absolute atomic E-state index is 0.356. The number of hydrogen-bond acceptors (Lipinski definition) is 3. The van der Waals surface area contributed by atoms with Gasteiger partial charge in [-0.05, 0) is 18.1 Å². The molecule has 2 aromatic rings. The summed E-state index contributed by atoms with van der Waals surface area (Å²) in [6.07, 6.45) is 0.762. The standard InChI is InChI=1S/C13H14Cl2N2O/c1-7(2)5-11-12(13(16)17-18-11)9-4-3-8(14)6-10(9)15/h3-4,6-7H,5H2,1-2H3,(H2,16,17). The fourth-order valence-electron chi connectivity index (χ4n) is 1.83. The molecule has 2 rings (SSSR count). The largest absolute Gasteiger partial charge is 0.380 e. The first-order chi connectivity index (χ1) is 8.49. The number of hydrogen-bond donors (Lipinski definition) is 1. The Labute approximate surface area is 116 Å². The summed E-state index contributed by atoms with van der Waals surface area (Å²) in [7, 11) is 0. The van der Waals surface area contributed by atoms with Crippen molar-refractivity contribution in [3.05, 3.63) is 34.0 Å².